The molecule has 1 unspecified atom stereocenters. The first-order chi connectivity index (χ1) is 9.62. The fourth-order valence-electron chi connectivity index (χ4n) is 3.18. The van der Waals surface area contributed by atoms with Gasteiger partial charge in [0, 0.05) is 24.9 Å². The van der Waals surface area contributed by atoms with Crippen LogP contribution in [0.2, 0.25) is 0 Å². The van der Waals surface area contributed by atoms with Crippen LogP contribution in [0.15, 0.2) is 18.7 Å². The lowest BCUT2D eigenvalue weighted by molar-refractivity contribution is -0.160. The zero-order valence-electron chi connectivity index (χ0n) is 12.0. The monoisotopic (exact) mass is 277 g/mol. The summed E-state index contributed by atoms with van der Waals surface area (Å²) in [5.74, 6) is 0.592. The van der Waals surface area contributed by atoms with E-state index < -0.39 is 5.60 Å². The maximum Gasteiger partial charge on any atom is 0.224 e. The lowest BCUT2D eigenvalue weighted by Crippen LogP contribution is -2.64. The second kappa shape index (κ2) is 5.20. The standard InChI is InChI=1S/C15H23N3O2/c1-2-3-13(17-7-6-16-11-17)8-14(19)18-9-15(20,10-18)12-4-5-12/h6-7,11-13,20H,2-5,8-10H2,1H3. The summed E-state index contributed by atoms with van der Waals surface area (Å²) in [5.41, 5.74) is -0.578. The molecule has 1 amide bonds. The summed E-state index contributed by atoms with van der Waals surface area (Å²) in [7, 11) is 0. The fourth-order valence-corrected chi connectivity index (χ4v) is 3.18. The number of β-amino-alcohol motifs (C(OH)–C–C–N with tert-alkyl or cyclic N) is 1. The number of nitrogens with zero attached hydrogens (tertiary/aromatic N) is 3. The van der Waals surface area contributed by atoms with E-state index in [9.17, 15) is 9.90 Å². The molecule has 0 spiro atoms. The Morgan fingerprint density at radius 3 is 2.80 bits per heavy atom. The maximum absolute atomic E-state index is 12.3. The van der Waals surface area contributed by atoms with Crippen molar-refractivity contribution in [3.8, 4) is 0 Å². The van der Waals surface area contributed by atoms with Gasteiger partial charge in [-0.25, -0.2) is 4.98 Å². The van der Waals surface area contributed by atoms with E-state index in [1.165, 1.54) is 0 Å². The average Bonchev–Trinajstić information content (AvgIpc) is 3.10. The molecule has 1 aromatic rings. The number of amides is 1. The molecule has 2 heterocycles. The van der Waals surface area contributed by atoms with Crippen LogP contribution in [-0.2, 0) is 4.79 Å². The first-order valence-electron chi connectivity index (χ1n) is 7.60. The van der Waals surface area contributed by atoms with Crippen molar-refractivity contribution in [1.82, 2.24) is 14.5 Å². The highest BCUT2D eigenvalue weighted by Crippen LogP contribution is 2.44. The van der Waals surface area contributed by atoms with E-state index in [-0.39, 0.29) is 11.9 Å². The van der Waals surface area contributed by atoms with Crippen LogP contribution in [-0.4, -0.2) is 44.2 Å². The Kier molecular flexibility index (Phi) is 3.54. The largest absolute Gasteiger partial charge is 0.386 e. The van der Waals surface area contributed by atoms with Crippen LogP contribution in [0.3, 0.4) is 0 Å². The molecule has 1 saturated heterocycles. The quantitative estimate of drug-likeness (QED) is 0.859. The van der Waals surface area contributed by atoms with Gasteiger partial charge in [0.2, 0.25) is 5.91 Å². The molecule has 0 bridgehead atoms. The van der Waals surface area contributed by atoms with Crippen molar-refractivity contribution in [2.45, 2.75) is 50.7 Å². The van der Waals surface area contributed by atoms with Crippen molar-refractivity contribution in [3.63, 3.8) is 0 Å². The van der Waals surface area contributed by atoms with Gasteiger partial charge < -0.3 is 14.6 Å². The smallest absolute Gasteiger partial charge is 0.224 e. The summed E-state index contributed by atoms with van der Waals surface area (Å²) in [5, 5.41) is 10.3. The van der Waals surface area contributed by atoms with E-state index in [1.807, 2.05) is 10.8 Å². The summed E-state index contributed by atoms with van der Waals surface area (Å²) in [6, 6.07) is 0.185. The Hall–Kier alpha value is -1.36. The highest BCUT2D eigenvalue weighted by molar-refractivity contribution is 5.78. The van der Waals surface area contributed by atoms with Crippen molar-refractivity contribution < 1.29 is 9.90 Å². The number of rotatable bonds is 6. The van der Waals surface area contributed by atoms with Gasteiger partial charge in [-0.3, -0.25) is 4.79 Å². The molecule has 2 fully saturated rings. The summed E-state index contributed by atoms with van der Waals surface area (Å²) in [6.45, 7) is 3.18. The number of aliphatic hydroxyl groups is 1. The van der Waals surface area contributed by atoms with Gasteiger partial charge in [-0.1, -0.05) is 13.3 Å². The molecule has 1 aliphatic carbocycles. The molecule has 0 aromatic carbocycles. The third-order valence-electron chi connectivity index (χ3n) is 4.60. The van der Waals surface area contributed by atoms with Gasteiger partial charge in [-0.2, -0.15) is 0 Å². The zero-order valence-corrected chi connectivity index (χ0v) is 12.0. The SMILES string of the molecule is CCCC(CC(=O)N1CC(O)(C2CC2)C1)n1ccnc1. The van der Waals surface area contributed by atoms with Gasteiger partial charge in [-0.15, -0.1) is 0 Å². The van der Waals surface area contributed by atoms with Crippen LogP contribution in [0.4, 0.5) is 0 Å². The number of imidazole rings is 1. The Bertz CT molecular complexity index is 461. The number of carbonyl (C=O) groups excluding carboxylic acids is 1. The van der Waals surface area contributed by atoms with Crippen molar-refractivity contribution in [2.75, 3.05) is 13.1 Å². The highest BCUT2D eigenvalue weighted by Gasteiger charge is 2.53. The number of hydrogen-bond acceptors (Lipinski definition) is 3. The molecule has 5 nitrogen and oxygen atoms in total. The number of carbonyl (C=O) groups is 1. The maximum atomic E-state index is 12.3. The summed E-state index contributed by atoms with van der Waals surface area (Å²) in [6.07, 6.45) is 10.2. The normalized spacial score (nSPS) is 22.4. The van der Waals surface area contributed by atoms with Gasteiger partial charge in [0.15, 0.2) is 0 Å². The third kappa shape index (κ3) is 2.59. The lowest BCUT2D eigenvalue weighted by atomic mass is 9.88. The van der Waals surface area contributed by atoms with Crippen LogP contribution < -0.4 is 0 Å². The molecule has 1 aromatic heterocycles. The molecule has 5 heteroatoms. The molecule has 3 rings (SSSR count). The van der Waals surface area contributed by atoms with Crippen molar-refractivity contribution >= 4 is 5.91 Å². The molecule has 0 radical (unpaired) electrons. The van der Waals surface area contributed by atoms with Crippen LogP contribution in [0.25, 0.3) is 0 Å². The minimum absolute atomic E-state index is 0.155. The van der Waals surface area contributed by atoms with Gasteiger partial charge in [0.1, 0.15) is 5.60 Å². The van der Waals surface area contributed by atoms with E-state index in [0.29, 0.717) is 25.4 Å². The molecule has 110 valence electrons. The van der Waals surface area contributed by atoms with Crippen molar-refractivity contribution in [3.05, 3.63) is 18.7 Å². The van der Waals surface area contributed by atoms with E-state index in [2.05, 4.69) is 11.9 Å². The second-order valence-corrected chi connectivity index (χ2v) is 6.28. The molecule has 1 N–H and O–H groups in total. The summed E-state index contributed by atoms with van der Waals surface area (Å²) >= 11 is 0. The predicted molar refractivity (Wildman–Crippen MR) is 75.0 cm³/mol. The Morgan fingerprint density at radius 1 is 1.50 bits per heavy atom. The number of hydrogen-bond donors (Lipinski definition) is 1. The summed E-state index contributed by atoms with van der Waals surface area (Å²) in [4.78, 5) is 18.2. The Labute approximate surface area is 119 Å². The predicted octanol–water partition coefficient (Wildman–Crippen LogP) is 1.60. The minimum atomic E-state index is -0.578. The molecular formula is C15H23N3O2. The van der Waals surface area contributed by atoms with Crippen LogP contribution in [0.1, 0.15) is 45.1 Å². The zero-order chi connectivity index (χ0) is 14.2. The molecule has 20 heavy (non-hydrogen) atoms. The third-order valence-corrected chi connectivity index (χ3v) is 4.60. The molecule has 1 atom stereocenters. The molecule has 1 saturated carbocycles. The van der Waals surface area contributed by atoms with Crippen LogP contribution in [0, 0.1) is 5.92 Å². The van der Waals surface area contributed by atoms with Crippen molar-refractivity contribution in [2.24, 2.45) is 5.92 Å². The lowest BCUT2D eigenvalue weighted by Gasteiger charge is -2.47. The van der Waals surface area contributed by atoms with Gasteiger partial charge in [-0.05, 0) is 25.2 Å². The van der Waals surface area contributed by atoms with Crippen LogP contribution >= 0.6 is 0 Å². The first kappa shape index (κ1) is 13.6. The average molecular weight is 277 g/mol. The highest BCUT2D eigenvalue weighted by atomic mass is 16.3. The molecular weight excluding hydrogens is 254 g/mol. The van der Waals surface area contributed by atoms with E-state index in [4.69, 9.17) is 0 Å². The first-order valence-corrected chi connectivity index (χ1v) is 7.60. The van der Waals surface area contributed by atoms with E-state index in [1.54, 1.807) is 17.4 Å². The molecule has 1 aliphatic heterocycles. The Balaban J connectivity index is 1.55. The minimum Gasteiger partial charge on any atom is -0.386 e. The van der Waals surface area contributed by atoms with Gasteiger partial charge in [0.25, 0.3) is 0 Å². The molecule has 2 aliphatic rings. The Morgan fingerprint density at radius 2 is 2.25 bits per heavy atom. The van der Waals surface area contributed by atoms with E-state index >= 15 is 0 Å². The van der Waals surface area contributed by atoms with Crippen LogP contribution in [0.5, 0.6) is 0 Å². The summed E-state index contributed by atoms with van der Waals surface area (Å²) < 4.78 is 2.02. The number of aromatic nitrogens is 2. The van der Waals surface area contributed by atoms with E-state index in [0.717, 1.165) is 25.7 Å². The van der Waals surface area contributed by atoms with Gasteiger partial charge in [0.05, 0.1) is 19.4 Å². The van der Waals surface area contributed by atoms with Crippen molar-refractivity contribution in [1.29, 1.82) is 0 Å². The second-order valence-electron chi connectivity index (χ2n) is 6.28. The fraction of sp³-hybridized carbons (Fsp3) is 0.733. The number of likely N-dealkylation sites (tertiary alicyclic amines) is 1. The van der Waals surface area contributed by atoms with Gasteiger partial charge >= 0.3 is 0 Å². The topological polar surface area (TPSA) is 58.4 Å².